The number of nitrogens with zero attached hydrogens (tertiary/aromatic N) is 2. The minimum Gasteiger partial charge on any atom is -0.462 e. The Morgan fingerprint density at radius 3 is 2.34 bits per heavy atom. The Hall–Kier alpha value is -2.38. The van der Waals surface area contributed by atoms with Crippen LogP contribution >= 0.6 is 11.6 Å². The first kappa shape index (κ1) is 21.3. The van der Waals surface area contributed by atoms with Crippen molar-refractivity contribution in [3.05, 3.63) is 40.6 Å². The predicted molar refractivity (Wildman–Crippen MR) is 110 cm³/mol. The summed E-state index contributed by atoms with van der Waals surface area (Å²) in [6, 6.07) is 6.25. The molecule has 29 heavy (non-hydrogen) atoms. The van der Waals surface area contributed by atoms with Gasteiger partial charge in [0.15, 0.2) is 0 Å². The Balaban J connectivity index is 1.71. The van der Waals surface area contributed by atoms with Gasteiger partial charge in [-0.05, 0) is 37.6 Å². The molecule has 156 valence electrons. The standard InChI is InChI=1S/C21H26ClN3O4/c1-3-5-14-29-21(28)15-6-8-16(9-7-15)25-19(26)17(22)18(20(25)27)24-12-10-23(4-2)11-13-24/h6-9H,3-5,10-14H2,1-2H3/p+1. The molecule has 1 aromatic rings. The van der Waals surface area contributed by atoms with Gasteiger partial charge in [-0.15, -0.1) is 0 Å². The zero-order valence-corrected chi connectivity index (χ0v) is 17.6. The van der Waals surface area contributed by atoms with Crippen molar-refractivity contribution in [3.63, 3.8) is 0 Å². The van der Waals surface area contributed by atoms with Gasteiger partial charge in [-0.2, -0.15) is 0 Å². The summed E-state index contributed by atoms with van der Waals surface area (Å²) < 4.78 is 5.18. The Morgan fingerprint density at radius 1 is 1.10 bits per heavy atom. The van der Waals surface area contributed by atoms with Crippen molar-refractivity contribution >= 4 is 35.1 Å². The van der Waals surface area contributed by atoms with Gasteiger partial charge in [0.05, 0.1) is 50.6 Å². The highest BCUT2D eigenvalue weighted by Gasteiger charge is 2.42. The minimum atomic E-state index is -0.532. The van der Waals surface area contributed by atoms with E-state index in [2.05, 4.69) is 6.92 Å². The van der Waals surface area contributed by atoms with E-state index in [1.165, 1.54) is 4.90 Å². The van der Waals surface area contributed by atoms with Gasteiger partial charge in [-0.1, -0.05) is 24.9 Å². The number of likely N-dealkylation sites (N-methyl/N-ethyl adjacent to an activating group) is 1. The van der Waals surface area contributed by atoms with Crippen LogP contribution in [0, 0.1) is 0 Å². The van der Waals surface area contributed by atoms with Crippen LogP contribution in [0.4, 0.5) is 5.69 Å². The van der Waals surface area contributed by atoms with E-state index in [1.807, 2.05) is 11.8 Å². The van der Waals surface area contributed by atoms with Crippen molar-refractivity contribution in [2.24, 2.45) is 0 Å². The van der Waals surface area contributed by atoms with Crippen molar-refractivity contribution in [2.45, 2.75) is 26.7 Å². The number of halogens is 1. The number of hydrogen-bond donors (Lipinski definition) is 1. The van der Waals surface area contributed by atoms with E-state index < -0.39 is 17.8 Å². The van der Waals surface area contributed by atoms with Crippen molar-refractivity contribution in [1.29, 1.82) is 0 Å². The summed E-state index contributed by atoms with van der Waals surface area (Å²) >= 11 is 6.27. The summed E-state index contributed by atoms with van der Waals surface area (Å²) in [7, 11) is 0. The second kappa shape index (κ2) is 9.41. The number of anilines is 1. The number of quaternary nitrogens is 1. The number of nitrogens with one attached hydrogen (secondary N) is 1. The van der Waals surface area contributed by atoms with Crippen LogP contribution in [-0.4, -0.2) is 62.0 Å². The van der Waals surface area contributed by atoms with Crippen molar-refractivity contribution in [1.82, 2.24) is 4.90 Å². The predicted octanol–water partition coefficient (Wildman–Crippen LogP) is 1.19. The molecule has 0 saturated carbocycles. The van der Waals surface area contributed by atoms with Gasteiger partial charge in [-0.25, -0.2) is 9.69 Å². The summed E-state index contributed by atoms with van der Waals surface area (Å²) in [6.07, 6.45) is 1.75. The third kappa shape index (κ3) is 4.46. The third-order valence-corrected chi connectivity index (χ3v) is 5.72. The molecule has 0 unspecified atom stereocenters. The Morgan fingerprint density at radius 2 is 1.76 bits per heavy atom. The summed E-state index contributed by atoms with van der Waals surface area (Å²) in [5.74, 6) is -1.37. The Labute approximate surface area is 175 Å². The van der Waals surface area contributed by atoms with E-state index in [0.717, 1.165) is 37.4 Å². The van der Waals surface area contributed by atoms with Gasteiger partial charge in [0, 0.05) is 0 Å². The van der Waals surface area contributed by atoms with Crippen molar-refractivity contribution in [3.8, 4) is 0 Å². The average molecular weight is 421 g/mol. The van der Waals surface area contributed by atoms with Crippen LogP contribution in [0.15, 0.2) is 35.0 Å². The molecule has 0 atom stereocenters. The van der Waals surface area contributed by atoms with Crippen molar-refractivity contribution < 1.29 is 24.0 Å². The fourth-order valence-corrected chi connectivity index (χ4v) is 3.82. The van der Waals surface area contributed by atoms with Crippen LogP contribution in [0.5, 0.6) is 0 Å². The summed E-state index contributed by atoms with van der Waals surface area (Å²) in [5.41, 5.74) is 1.04. The zero-order chi connectivity index (χ0) is 21.0. The number of imide groups is 1. The van der Waals surface area contributed by atoms with E-state index in [0.29, 0.717) is 30.9 Å². The highest BCUT2D eigenvalue weighted by molar-refractivity contribution is 6.52. The SMILES string of the molecule is CCCCOC(=O)c1ccc(N2C(=O)C(Cl)=C(N3CC[NH+](CC)CC3)C2=O)cc1. The Bertz CT molecular complexity index is 814. The van der Waals surface area contributed by atoms with Crippen LogP contribution in [-0.2, 0) is 14.3 Å². The first-order valence-corrected chi connectivity index (χ1v) is 10.5. The van der Waals surface area contributed by atoms with E-state index >= 15 is 0 Å². The van der Waals surface area contributed by atoms with Gasteiger partial charge in [-0.3, -0.25) is 9.59 Å². The maximum atomic E-state index is 13.0. The molecule has 2 heterocycles. The molecule has 0 bridgehead atoms. The molecule has 0 aliphatic carbocycles. The molecule has 0 spiro atoms. The molecule has 8 heteroatoms. The lowest BCUT2D eigenvalue weighted by Crippen LogP contribution is -3.14. The van der Waals surface area contributed by atoms with Crippen LogP contribution < -0.4 is 9.80 Å². The molecule has 2 amide bonds. The molecule has 3 rings (SSSR count). The van der Waals surface area contributed by atoms with Gasteiger partial charge in [0.1, 0.15) is 10.7 Å². The van der Waals surface area contributed by atoms with Crippen LogP contribution in [0.1, 0.15) is 37.0 Å². The van der Waals surface area contributed by atoms with Crippen molar-refractivity contribution in [2.75, 3.05) is 44.2 Å². The molecule has 2 aliphatic heterocycles. The molecule has 1 aromatic carbocycles. The lowest BCUT2D eigenvalue weighted by molar-refractivity contribution is -0.902. The summed E-state index contributed by atoms with van der Waals surface area (Å²) in [4.78, 5) is 42.1. The lowest BCUT2D eigenvalue weighted by atomic mass is 10.2. The first-order valence-electron chi connectivity index (χ1n) is 10.1. The average Bonchev–Trinajstić information content (AvgIpc) is 2.96. The van der Waals surface area contributed by atoms with Crippen LogP contribution in [0.25, 0.3) is 0 Å². The van der Waals surface area contributed by atoms with Gasteiger partial charge in [0.25, 0.3) is 11.8 Å². The van der Waals surface area contributed by atoms with Gasteiger partial charge < -0.3 is 14.5 Å². The fourth-order valence-electron chi connectivity index (χ4n) is 3.54. The quantitative estimate of drug-likeness (QED) is 0.407. The number of carbonyl (C=O) groups excluding carboxylic acids is 3. The molecule has 0 aromatic heterocycles. The monoisotopic (exact) mass is 420 g/mol. The zero-order valence-electron chi connectivity index (χ0n) is 16.9. The molecular formula is C21H27ClN3O4+. The normalized spacial score (nSPS) is 18.0. The number of carbonyl (C=O) groups is 3. The highest BCUT2D eigenvalue weighted by Crippen LogP contribution is 2.31. The van der Waals surface area contributed by atoms with E-state index in [1.54, 1.807) is 24.3 Å². The number of rotatable bonds is 7. The minimum absolute atomic E-state index is 0.0435. The number of unbranched alkanes of at least 4 members (excludes halogenated alkanes) is 1. The first-order chi connectivity index (χ1) is 14.0. The van der Waals surface area contributed by atoms with Gasteiger partial charge in [0.2, 0.25) is 0 Å². The maximum Gasteiger partial charge on any atom is 0.338 e. The molecule has 1 fully saturated rings. The number of ether oxygens (including phenoxy) is 1. The number of esters is 1. The van der Waals surface area contributed by atoms with Crippen LogP contribution in [0.3, 0.4) is 0 Å². The molecule has 0 radical (unpaired) electrons. The number of piperazine rings is 1. The molecule has 1 N–H and O–H groups in total. The molecule has 2 aliphatic rings. The fraction of sp³-hybridized carbons (Fsp3) is 0.476. The lowest BCUT2D eigenvalue weighted by Gasteiger charge is -2.33. The second-order valence-corrected chi connectivity index (χ2v) is 7.61. The molecule has 1 saturated heterocycles. The topological polar surface area (TPSA) is 71.4 Å². The maximum absolute atomic E-state index is 13.0. The third-order valence-electron chi connectivity index (χ3n) is 5.38. The molecular weight excluding hydrogens is 394 g/mol. The smallest absolute Gasteiger partial charge is 0.338 e. The highest BCUT2D eigenvalue weighted by atomic mass is 35.5. The largest absolute Gasteiger partial charge is 0.462 e. The van der Waals surface area contributed by atoms with E-state index in [4.69, 9.17) is 16.3 Å². The van der Waals surface area contributed by atoms with E-state index in [9.17, 15) is 14.4 Å². The molecule has 7 nitrogen and oxygen atoms in total. The Kier molecular flexibility index (Phi) is 6.92. The number of benzene rings is 1. The number of amides is 2. The number of hydrogen-bond acceptors (Lipinski definition) is 5. The summed E-state index contributed by atoms with van der Waals surface area (Å²) in [6.45, 7) is 8.73. The van der Waals surface area contributed by atoms with Gasteiger partial charge >= 0.3 is 5.97 Å². The van der Waals surface area contributed by atoms with Crippen LogP contribution in [0.2, 0.25) is 0 Å². The van der Waals surface area contributed by atoms with E-state index in [-0.39, 0.29) is 10.7 Å². The summed E-state index contributed by atoms with van der Waals surface area (Å²) in [5, 5.41) is -0.0435. The second-order valence-electron chi connectivity index (χ2n) is 7.24.